The van der Waals surface area contributed by atoms with Crippen LogP contribution >= 0.6 is 0 Å². The third kappa shape index (κ3) is 4.52. The van der Waals surface area contributed by atoms with Gasteiger partial charge in [0.2, 0.25) is 0 Å². The Balaban J connectivity index is 1.73. The van der Waals surface area contributed by atoms with Crippen molar-refractivity contribution in [3.8, 4) is 0 Å². The number of nitrogens with one attached hydrogen (secondary N) is 2. The van der Waals surface area contributed by atoms with Gasteiger partial charge in [-0.2, -0.15) is 0 Å². The highest BCUT2D eigenvalue weighted by Crippen LogP contribution is 2.15. The van der Waals surface area contributed by atoms with Gasteiger partial charge in [0.1, 0.15) is 0 Å². The molecule has 2 fully saturated rings. The Kier molecular flexibility index (Phi) is 5.04. The minimum Gasteiger partial charge on any atom is -0.314 e. The lowest BCUT2D eigenvalue weighted by Crippen LogP contribution is -2.42. The molecule has 2 saturated heterocycles. The molecule has 0 aromatic rings. The second-order valence-corrected chi connectivity index (χ2v) is 8.13. The first-order chi connectivity index (χ1) is 8.55. The van der Waals surface area contributed by atoms with Crippen LogP contribution in [0.2, 0.25) is 0 Å². The molecule has 4 nitrogen and oxygen atoms in total. The third-order valence-corrected chi connectivity index (χ3v) is 5.82. The predicted octanol–water partition coefficient (Wildman–Crippen LogP) is 1.07. The molecule has 0 aromatic carbocycles. The van der Waals surface area contributed by atoms with Crippen molar-refractivity contribution in [2.75, 3.05) is 18.1 Å². The zero-order chi connectivity index (χ0) is 13.0. The van der Waals surface area contributed by atoms with Crippen molar-refractivity contribution in [3.63, 3.8) is 0 Å². The molecule has 2 aliphatic heterocycles. The first kappa shape index (κ1) is 14.3. The van der Waals surface area contributed by atoms with Crippen molar-refractivity contribution in [3.05, 3.63) is 0 Å². The van der Waals surface area contributed by atoms with Crippen molar-refractivity contribution in [1.82, 2.24) is 10.6 Å². The summed E-state index contributed by atoms with van der Waals surface area (Å²) in [6, 6.07) is 1.18. The third-order valence-electron chi connectivity index (χ3n) is 4.05. The molecule has 2 rings (SSSR count). The van der Waals surface area contributed by atoms with Gasteiger partial charge in [0.05, 0.1) is 11.5 Å². The summed E-state index contributed by atoms with van der Waals surface area (Å²) >= 11 is 0. The van der Waals surface area contributed by atoms with Gasteiger partial charge >= 0.3 is 0 Å². The normalized spacial score (nSPS) is 34.1. The highest BCUT2D eigenvalue weighted by Gasteiger charge is 2.28. The zero-order valence-electron chi connectivity index (χ0n) is 11.3. The Morgan fingerprint density at radius 2 is 2.11 bits per heavy atom. The molecule has 0 aliphatic carbocycles. The Bertz CT molecular complexity index is 348. The van der Waals surface area contributed by atoms with Crippen LogP contribution in [0.15, 0.2) is 0 Å². The molecular formula is C13H26N2O2S. The molecule has 3 atom stereocenters. The SMILES string of the molecule is CC(CC1CCCCCN1)NC1CCS(=O)(=O)C1. The summed E-state index contributed by atoms with van der Waals surface area (Å²) in [5, 5.41) is 7.08. The zero-order valence-corrected chi connectivity index (χ0v) is 12.1. The summed E-state index contributed by atoms with van der Waals surface area (Å²) in [7, 11) is -2.76. The minimum absolute atomic E-state index is 0.177. The van der Waals surface area contributed by atoms with Crippen molar-refractivity contribution < 1.29 is 8.42 Å². The average Bonchev–Trinajstić information content (AvgIpc) is 2.52. The van der Waals surface area contributed by atoms with Crippen LogP contribution in [0.25, 0.3) is 0 Å². The summed E-state index contributed by atoms with van der Waals surface area (Å²) in [6.45, 7) is 3.31. The second kappa shape index (κ2) is 6.35. The van der Waals surface area contributed by atoms with E-state index in [1.165, 1.54) is 25.7 Å². The second-order valence-electron chi connectivity index (χ2n) is 5.90. The van der Waals surface area contributed by atoms with E-state index in [4.69, 9.17) is 0 Å². The van der Waals surface area contributed by atoms with Gasteiger partial charge in [-0.3, -0.25) is 0 Å². The first-order valence-corrected chi connectivity index (χ1v) is 9.07. The summed E-state index contributed by atoms with van der Waals surface area (Å²) in [5.74, 6) is 0.689. The monoisotopic (exact) mass is 274 g/mol. The van der Waals surface area contributed by atoms with E-state index in [0.29, 0.717) is 23.6 Å². The van der Waals surface area contributed by atoms with Crippen LogP contribution in [0.4, 0.5) is 0 Å². The summed E-state index contributed by atoms with van der Waals surface area (Å²) < 4.78 is 22.8. The van der Waals surface area contributed by atoms with E-state index in [-0.39, 0.29) is 6.04 Å². The molecule has 0 bridgehead atoms. The van der Waals surface area contributed by atoms with Crippen LogP contribution in [0.5, 0.6) is 0 Å². The molecule has 0 aromatic heterocycles. The van der Waals surface area contributed by atoms with Gasteiger partial charge in [-0.05, 0) is 39.2 Å². The van der Waals surface area contributed by atoms with Crippen LogP contribution in [-0.2, 0) is 9.84 Å². The summed E-state index contributed by atoms with van der Waals surface area (Å²) in [6.07, 6.45) is 7.10. The highest BCUT2D eigenvalue weighted by atomic mass is 32.2. The van der Waals surface area contributed by atoms with E-state index in [9.17, 15) is 8.42 Å². The molecule has 0 saturated carbocycles. The largest absolute Gasteiger partial charge is 0.314 e. The fourth-order valence-electron chi connectivity index (χ4n) is 3.13. The fourth-order valence-corrected chi connectivity index (χ4v) is 4.81. The average molecular weight is 274 g/mol. The van der Waals surface area contributed by atoms with Crippen molar-refractivity contribution in [1.29, 1.82) is 0 Å². The minimum atomic E-state index is -2.76. The number of hydrogen-bond acceptors (Lipinski definition) is 4. The van der Waals surface area contributed by atoms with Crippen LogP contribution in [-0.4, -0.2) is 44.6 Å². The summed E-state index contributed by atoms with van der Waals surface area (Å²) in [4.78, 5) is 0. The van der Waals surface area contributed by atoms with Gasteiger partial charge in [0.25, 0.3) is 0 Å². The number of hydrogen-bond donors (Lipinski definition) is 2. The highest BCUT2D eigenvalue weighted by molar-refractivity contribution is 7.91. The molecule has 106 valence electrons. The molecule has 2 N–H and O–H groups in total. The van der Waals surface area contributed by atoms with E-state index >= 15 is 0 Å². The maximum Gasteiger partial charge on any atom is 0.151 e. The smallest absolute Gasteiger partial charge is 0.151 e. The fraction of sp³-hybridized carbons (Fsp3) is 1.00. The first-order valence-electron chi connectivity index (χ1n) is 7.25. The lowest BCUT2D eigenvalue weighted by atomic mass is 10.0. The maximum absolute atomic E-state index is 11.4. The van der Waals surface area contributed by atoms with Crippen molar-refractivity contribution in [2.45, 2.75) is 63.6 Å². The molecular weight excluding hydrogens is 248 g/mol. The van der Waals surface area contributed by atoms with Crippen LogP contribution < -0.4 is 10.6 Å². The standard InChI is InChI=1S/C13H26N2O2S/c1-11(9-12-5-3-2-4-7-14-12)15-13-6-8-18(16,17)10-13/h11-15H,2-10H2,1H3. The molecule has 2 heterocycles. The van der Waals surface area contributed by atoms with Crippen LogP contribution in [0, 0.1) is 0 Å². The Hall–Kier alpha value is -0.130. The van der Waals surface area contributed by atoms with E-state index in [0.717, 1.165) is 19.4 Å². The number of sulfone groups is 1. The molecule has 0 spiro atoms. The quantitative estimate of drug-likeness (QED) is 0.805. The van der Waals surface area contributed by atoms with Gasteiger partial charge in [-0.25, -0.2) is 8.42 Å². The topological polar surface area (TPSA) is 58.2 Å². The lowest BCUT2D eigenvalue weighted by molar-refractivity contribution is 0.379. The molecule has 5 heteroatoms. The molecule has 3 unspecified atom stereocenters. The molecule has 0 amide bonds. The van der Waals surface area contributed by atoms with E-state index in [2.05, 4.69) is 17.6 Å². The van der Waals surface area contributed by atoms with E-state index in [1.807, 2.05) is 0 Å². The van der Waals surface area contributed by atoms with Gasteiger partial charge in [0, 0.05) is 18.1 Å². The Morgan fingerprint density at radius 1 is 1.28 bits per heavy atom. The van der Waals surface area contributed by atoms with Gasteiger partial charge in [-0.15, -0.1) is 0 Å². The van der Waals surface area contributed by atoms with E-state index < -0.39 is 9.84 Å². The summed E-state index contributed by atoms with van der Waals surface area (Å²) in [5.41, 5.74) is 0. The van der Waals surface area contributed by atoms with Crippen molar-refractivity contribution in [2.24, 2.45) is 0 Å². The Labute approximate surface area is 111 Å². The van der Waals surface area contributed by atoms with Crippen LogP contribution in [0.3, 0.4) is 0 Å². The van der Waals surface area contributed by atoms with Crippen molar-refractivity contribution >= 4 is 9.84 Å². The van der Waals surface area contributed by atoms with Gasteiger partial charge < -0.3 is 10.6 Å². The molecule has 2 aliphatic rings. The van der Waals surface area contributed by atoms with E-state index in [1.54, 1.807) is 0 Å². The number of rotatable bonds is 4. The maximum atomic E-state index is 11.4. The lowest BCUT2D eigenvalue weighted by Gasteiger charge is -2.23. The van der Waals surface area contributed by atoms with Gasteiger partial charge in [0.15, 0.2) is 9.84 Å². The Morgan fingerprint density at radius 3 is 2.83 bits per heavy atom. The van der Waals surface area contributed by atoms with Gasteiger partial charge in [-0.1, -0.05) is 12.8 Å². The molecule has 18 heavy (non-hydrogen) atoms. The van der Waals surface area contributed by atoms with Crippen LogP contribution in [0.1, 0.15) is 45.4 Å². The molecule has 0 radical (unpaired) electrons. The predicted molar refractivity (Wildman–Crippen MR) is 74.5 cm³/mol.